The number of alkyl halides is 3. The lowest BCUT2D eigenvalue weighted by molar-refractivity contribution is -0.153. The van der Waals surface area contributed by atoms with Crippen molar-refractivity contribution in [3.8, 4) is 5.75 Å². The van der Waals surface area contributed by atoms with E-state index in [-0.39, 0.29) is 5.75 Å². The number of halogens is 3. The van der Waals surface area contributed by atoms with Crippen LogP contribution in [0.2, 0.25) is 0 Å². The largest absolute Gasteiger partial charge is 0.484 e. The van der Waals surface area contributed by atoms with E-state index in [0.717, 1.165) is 18.5 Å². The van der Waals surface area contributed by atoms with Crippen LogP contribution in [0.4, 0.5) is 18.9 Å². The predicted octanol–water partition coefficient (Wildman–Crippen LogP) is 3.56. The van der Waals surface area contributed by atoms with Crippen LogP contribution in [0.15, 0.2) is 24.3 Å². The molecule has 1 aliphatic carbocycles. The van der Waals surface area contributed by atoms with Crippen molar-refractivity contribution in [3.05, 3.63) is 24.3 Å². The van der Waals surface area contributed by atoms with Crippen molar-refractivity contribution in [1.29, 1.82) is 0 Å². The van der Waals surface area contributed by atoms with E-state index < -0.39 is 12.8 Å². The van der Waals surface area contributed by atoms with Gasteiger partial charge in [0.1, 0.15) is 5.75 Å². The number of benzene rings is 1. The van der Waals surface area contributed by atoms with E-state index in [1.54, 1.807) is 24.3 Å². The van der Waals surface area contributed by atoms with E-state index in [2.05, 4.69) is 10.1 Å². The third-order valence-electron chi connectivity index (χ3n) is 3.82. The first-order valence-corrected chi connectivity index (χ1v) is 7.24. The Labute approximate surface area is 122 Å². The van der Waals surface area contributed by atoms with Crippen molar-refractivity contribution in [1.82, 2.24) is 0 Å². The predicted molar refractivity (Wildman–Crippen MR) is 76.4 cm³/mol. The molecular formula is C15H21F3N2O. The van der Waals surface area contributed by atoms with Crippen molar-refractivity contribution >= 4 is 5.69 Å². The van der Waals surface area contributed by atoms with Gasteiger partial charge in [-0.15, -0.1) is 0 Å². The Balaban J connectivity index is 1.89. The average Bonchev–Trinajstić information content (AvgIpc) is 2.46. The van der Waals surface area contributed by atoms with E-state index in [0.29, 0.717) is 18.5 Å². The number of anilines is 1. The van der Waals surface area contributed by atoms with E-state index in [4.69, 9.17) is 5.73 Å². The van der Waals surface area contributed by atoms with Gasteiger partial charge in [-0.05, 0) is 49.6 Å². The molecule has 21 heavy (non-hydrogen) atoms. The van der Waals surface area contributed by atoms with Gasteiger partial charge in [-0.3, -0.25) is 0 Å². The zero-order chi connectivity index (χ0) is 15.3. The molecule has 0 spiro atoms. The Bertz CT molecular complexity index is 434. The number of nitrogens with one attached hydrogen (secondary N) is 1. The van der Waals surface area contributed by atoms with E-state index in [9.17, 15) is 13.2 Å². The van der Waals surface area contributed by atoms with Crippen molar-refractivity contribution in [2.24, 2.45) is 11.7 Å². The number of nitrogens with two attached hydrogens (primary N) is 1. The fourth-order valence-corrected chi connectivity index (χ4v) is 2.71. The molecule has 0 radical (unpaired) electrons. The maximum Gasteiger partial charge on any atom is 0.422 e. The minimum absolute atomic E-state index is 0.219. The van der Waals surface area contributed by atoms with Crippen LogP contribution in [0.3, 0.4) is 0 Å². The highest BCUT2D eigenvalue weighted by Crippen LogP contribution is 2.27. The van der Waals surface area contributed by atoms with Gasteiger partial charge in [0.2, 0.25) is 0 Å². The van der Waals surface area contributed by atoms with Crippen LogP contribution in [0.1, 0.15) is 25.7 Å². The van der Waals surface area contributed by atoms with Crippen molar-refractivity contribution < 1.29 is 17.9 Å². The van der Waals surface area contributed by atoms with Gasteiger partial charge in [-0.1, -0.05) is 12.8 Å². The van der Waals surface area contributed by atoms with Crippen LogP contribution in [-0.4, -0.2) is 25.4 Å². The van der Waals surface area contributed by atoms with Crippen LogP contribution < -0.4 is 15.8 Å². The molecule has 1 saturated carbocycles. The highest BCUT2D eigenvalue weighted by Gasteiger charge is 2.28. The van der Waals surface area contributed by atoms with Crippen LogP contribution in [-0.2, 0) is 0 Å². The summed E-state index contributed by atoms with van der Waals surface area (Å²) < 4.78 is 40.9. The maximum absolute atomic E-state index is 12.1. The summed E-state index contributed by atoms with van der Waals surface area (Å²) in [7, 11) is 0. The van der Waals surface area contributed by atoms with Gasteiger partial charge in [0.25, 0.3) is 0 Å². The molecule has 2 unspecified atom stereocenters. The Hall–Kier alpha value is -1.43. The first-order chi connectivity index (χ1) is 9.98. The third-order valence-corrected chi connectivity index (χ3v) is 3.82. The molecule has 0 bridgehead atoms. The molecule has 6 heteroatoms. The Kier molecular flexibility index (Phi) is 5.33. The molecular weight excluding hydrogens is 281 g/mol. The lowest BCUT2D eigenvalue weighted by Gasteiger charge is -2.32. The zero-order valence-electron chi connectivity index (χ0n) is 11.8. The molecule has 1 aromatic rings. The summed E-state index contributed by atoms with van der Waals surface area (Å²) in [6.45, 7) is -0.609. The smallest absolute Gasteiger partial charge is 0.422 e. The molecule has 0 amide bonds. The Morgan fingerprint density at radius 1 is 1.14 bits per heavy atom. The second-order valence-electron chi connectivity index (χ2n) is 5.46. The second kappa shape index (κ2) is 7.02. The minimum Gasteiger partial charge on any atom is -0.484 e. The molecule has 3 N–H and O–H groups in total. The van der Waals surface area contributed by atoms with Gasteiger partial charge in [0, 0.05) is 11.7 Å². The van der Waals surface area contributed by atoms with Crippen molar-refractivity contribution in [2.75, 3.05) is 18.5 Å². The maximum atomic E-state index is 12.1. The molecule has 2 rings (SSSR count). The van der Waals surface area contributed by atoms with Crippen molar-refractivity contribution in [3.63, 3.8) is 0 Å². The molecule has 0 aromatic heterocycles. The molecule has 1 aromatic carbocycles. The molecule has 1 aliphatic rings. The Morgan fingerprint density at radius 3 is 2.43 bits per heavy atom. The zero-order valence-corrected chi connectivity index (χ0v) is 11.8. The summed E-state index contributed by atoms with van der Waals surface area (Å²) >= 11 is 0. The second-order valence-corrected chi connectivity index (χ2v) is 5.46. The number of hydrogen-bond donors (Lipinski definition) is 2. The quantitative estimate of drug-likeness (QED) is 0.874. The lowest BCUT2D eigenvalue weighted by atomic mass is 9.84. The molecule has 118 valence electrons. The molecule has 0 aliphatic heterocycles. The first kappa shape index (κ1) is 15.9. The topological polar surface area (TPSA) is 47.3 Å². The van der Waals surface area contributed by atoms with Crippen LogP contribution >= 0.6 is 0 Å². The number of ether oxygens (including phenoxy) is 1. The highest BCUT2D eigenvalue weighted by molar-refractivity contribution is 5.47. The number of rotatable bonds is 5. The average molecular weight is 302 g/mol. The monoisotopic (exact) mass is 302 g/mol. The Morgan fingerprint density at radius 2 is 1.81 bits per heavy atom. The summed E-state index contributed by atoms with van der Waals surface area (Å²) in [4.78, 5) is 0. The minimum atomic E-state index is -4.31. The number of hydrogen-bond acceptors (Lipinski definition) is 3. The summed E-state index contributed by atoms with van der Waals surface area (Å²) in [5.41, 5.74) is 6.67. The fourth-order valence-electron chi connectivity index (χ4n) is 2.71. The molecule has 2 atom stereocenters. The fraction of sp³-hybridized carbons (Fsp3) is 0.600. The normalized spacial score (nSPS) is 22.9. The summed E-state index contributed by atoms with van der Waals surface area (Å²) in [5.74, 6) is 0.678. The van der Waals surface area contributed by atoms with Gasteiger partial charge in [0.05, 0.1) is 0 Å². The lowest BCUT2D eigenvalue weighted by Crippen LogP contribution is -2.36. The summed E-state index contributed by atoms with van der Waals surface area (Å²) in [6.07, 6.45) is 0.285. The molecule has 1 fully saturated rings. The van der Waals surface area contributed by atoms with Crippen LogP contribution in [0.5, 0.6) is 5.75 Å². The summed E-state index contributed by atoms with van der Waals surface area (Å²) in [6, 6.07) is 6.93. The standard InChI is InChI=1S/C15H21F3N2O/c16-15(17,18)10-21-13-7-5-12(6-8-13)20-14-4-2-1-3-11(14)9-19/h5-8,11,14,20H,1-4,9-10,19H2. The van der Waals surface area contributed by atoms with Gasteiger partial charge in [-0.2, -0.15) is 13.2 Å². The molecule has 0 heterocycles. The SMILES string of the molecule is NCC1CCCCC1Nc1ccc(OCC(F)(F)F)cc1. The van der Waals surface area contributed by atoms with E-state index in [1.807, 2.05) is 0 Å². The van der Waals surface area contributed by atoms with Gasteiger partial charge in [0.15, 0.2) is 6.61 Å². The van der Waals surface area contributed by atoms with Gasteiger partial charge >= 0.3 is 6.18 Å². The highest BCUT2D eigenvalue weighted by atomic mass is 19.4. The molecule has 0 saturated heterocycles. The van der Waals surface area contributed by atoms with Crippen LogP contribution in [0.25, 0.3) is 0 Å². The van der Waals surface area contributed by atoms with Gasteiger partial charge in [-0.25, -0.2) is 0 Å². The third kappa shape index (κ3) is 5.12. The summed E-state index contributed by atoms with van der Waals surface area (Å²) in [5, 5.41) is 3.42. The van der Waals surface area contributed by atoms with Crippen molar-refractivity contribution in [2.45, 2.75) is 37.9 Å². The van der Waals surface area contributed by atoms with Gasteiger partial charge < -0.3 is 15.8 Å². The first-order valence-electron chi connectivity index (χ1n) is 7.24. The molecule has 3 nitrogen and oxygen atoms in total. The van der Waals surface area contributed by atoms with E-state index in [1.165, 1.54) is 12.8 Å². The van der Waals surface area contributed by atoms with Crippen LogP contribution in [0, 0.1) is 5.92 Å². The van der Waals surface area contributed by atoms with E-state index >= 15 is 0 Å².